The Bertz CT molecular complexity index is 425. The SMILES string of the molecule is CCN1CCN(C(=O)COc2ccc(CN)cc2)CC1. The monoisotopic (exact) mass is 277 g/mol. The molecule has 0 aromatic heterocycles. The maximum absolute atomic E-state index is 12.1. The highest BCUT2D eigenvalue weighted by Crippen LogP contribution is 2.12. The molecule has 1 saturated heterocycles. The van der Waals surface area contributed by atoms with Crippen LogP contribution in [0.25, 0.3) is 0 Å². The fourth-order valence-electron chi connectivity index (χ4n) is 2.27. The minimum absolute atomic E-state index is 0.0589. The van der Waals surface area contributed by atoms with Crippen LogP contribution in [-0.2, 0) is 11.3 Å². The minimum atomic E-state index is 0.0589. The van der Waals surface area contributed by atoms with E-state index in [-0.39, 0.29) is 12.5 Å². The molecule has 0 unspecified atom stereocenters. The van der Waals surface area contributed by atoms with Crippen molar-refractivity contribution in [3.8, 4) is 5.75 Å². The topological polar surface area (TPSA) is 58.8 Å². The molecule has 2 N–H and O–H groups in total. The average Bonchev–Trinajstić information content (AvgIpc) is 2.53. The van der Waals surface area contributed by atoms with Gasteiger partial charge in [-0.05, 0) is 24.2 Å². The van der Waals surface area contributed by atoms with Gasteiger partial charge in [0.25, 0.3) is 5.91 Å². The second-order valence-electron chi connectivity index (χ2n) is 4.95. The van der Waals surface area contributed by atoms with Crippen LogP contribution in [0.4, 0.5) is 0 Å². The molecule has 1 aliphatic rings. The van der Waals surface area contributed by atoms with Gasteiger partial charge in [-0.2, -0.15) is 0 Å². The summed E-state index contributed by atoms with van der Waals surface area (Å²) in [6.45, 7) is 7.30. The molecular weight excluding hydrogens is 254 g/mol. The molecule has 1 amide bonds. The van der Waals surface area contributed by atoms with Crippen LogP contribution in [0.3, 0.4) is 0 Å². The van der Waals surface area contributed by atoms with Crippen LogP contribution < -0.4 is 10.5 Å². The summed E-state index contributed by atoms with van der Waals surface area (Å²) in [5, 5.41) is 0. The van der Waals surface area contributed by atoms with Gasteiger partial charge in [-0.1, -0.05) is 19.1 Å². The van der Waals surface area contributed by atoms with Gasteiger partial charge < -0.3 is 20.3 Å². The average molecular weight is 277 g/mol. The van der Waals surface area contributed by atoms with E-state index >= 15 is 0 Å². The van der Waals surface area contributed by atoms with Gasteiger partial charge in [0, 0.05) is 32.7 Å². The third kappa shape index (κ3) is 3.95. The zero-order valence-corrected chi connectivity index (χ0v) is 12.0. The number of hydrogen-bond acceptors (Lipinski definition) is 4. The summed E-state index contributed by atoms with van der Waals surface area (Å²) in [5.74, 6) is 0.770. The van der Waals surface area contributed by atoms with Crippen LogP contribution in [0.5, 0.6) is 5.75 Å². The van der Waals surface area contributed by atoms with Crippen molar-refractivity contribution < 1.29 is 9.53 Å². The molecular formula is C15H23N3O2. The second kappa shape index (κ2) is 7.26. The van der Waals surface area contributed by atoms with Crippen molar-refractivity contribution in [3.63, 3.8) is 0 Å². The number of benzene rings is 1. The number of amides is 1. The molecule has 1 aromatic carbocycles. The molecule has 5 nitrogen and oxygen atoms in total. The number of nitrogens with two attached hydrogens (primary N) is 1. The summed E-state index contributed by atoms with van der Waals surface area (Å²) in [4.78, 5) is 16.3. The minimum Gasteiger partial charge on any atom is -0.484 e. The molecule has 1 aromatic rings. The number of likely N-dealkylation sites (N-methyl/N-ethyl adjacent to an activating group) is 1. The van der Waals surface area contributed by atoms with Crippen LogP contribution in [0.2, 0.25) is 0 Å². The van der Waals surface area contributed by atoms with Crippen molar-refractivity contribution in [1.29, 1.82) is 0 Å². The van der Waals surface area contributed by atoms with Crippen molar-refractivity contribution in [1.82, 2.24) is 9.80 Å². The molecule has 5 heteroatoms. The first-order valence-electron chi connectivity index (χ1n) is 7.15. The highest BCUT2D eigenvalue weighted by atomic mass is 16.5. The van der Waals surface area contributed by atoms with Gasteiger partial charge in [-0.3, -0.25) is 4.79 Å². The lowest BCUT2D eigenvalue weighted by Crippen LogP contribution is -2.49. The van der Waals surface area contributed by atoms with Gasteiger partial charge in [0.2, 0.25) is 0 Å². The maximum atomic E-state index is 12.1. The normalized spacial score (nSPS) is 16.2. The third-order valence-electron chi connectivity index (χ3n) is 3.69. The first-order valence-corrected chi connectivity index (χ1v) is 7.15. The Morgan fingerprint density at radius 2 is 1.85 bits per heavy atom. The molecule has 1 aliphatic heterocycles. The van der Waals surface area contributed by atoms with Gasteiger partial charge >= 0.3 is 0 Å². The van der Waals surface area contributed by atoms with E-state index in [0.29, 0.717) is 12.3 Å². The number of hydrogen-bond donors (Lipinski definition) is 1. The van der Waals surface area contributed by atoms with Gasteiger partial charge in [-0.25, -0.2) is 0 Å². The third-order valence-corrected chi connectivity index (χ3v) is 3.69. The molecule has 0 atom stereocenters. The van der Waals surface area contributed by atoms with Gasteiger partial charge in [0.1, 0.15) is 5.75 Å². The molecule has 0 bridgehead atoms. The van der Waals surface area contributed by atoms with E-state index in [1.54, 1.807) is 0 Å². The quantitative estimate of drug-likeness (QED) is 0.860. The highest BCUT2D eigenvalue weighted by molar-refractivity contribution is 5.77. The fraction of sp³-hybridized carbons (Fsp3) is 0.533. The summed E-state index contributed by atoms with van der Waals surface area (Å²) in [6.07, 6.45) is 0. The van der Waals surface area contributed by atoms with Crippen molar-refractivity contribution in [2.75, 3.05) is 39.3 Å². The predicted octanol–water partition coefficient (Wildman–Crippen LogP) is 0.688. The van der Waals surface area contributed by atoms with Gasteiger partial charge in [0.15, 0.2) is 6.61 Å². The van der Waals surface area contributed by atoms with Crippen molar-refractivity contribution in [2.24, 2.45) is 5.73 Å². The van der Waals surface area contributed by atoms with Crippen molar-refractivity contribution >= 4 is 5.91 Å². The van der Waals surface area contributed by atoms with E-state index in [2.05, 4.69) is 11.8 Å². The Balaban J connectivity index is 1.77. The van der Waals surface area contributed by atoms with Crippen molar-refractivity contribution in [2.45, 2.75) is 13.5 Å². The lowest BCUT2D eigenvalue weighted by molar-refractivity contribution is -0.135. The van der Waals surface area contributed by atoms with E-state index in [9.17, 15) is 4.79 Å². The van der Waals surface area contributed by atoms with E-state index in [1.807, 2.05) is 29.2 Å². The summed E-state index contributed by atoms with van der Waals surface area (Å²) >= 11 is 0. The number of piperazine rings is 1. The van der Waals surface area contributed by atoms with Gasteiger partial charge in [-0.15, -0.1) is 0 Å². The molecule has 0 radical (unpaired) electrons. The van der Waals surface area contributed by atoms with Crippen LogP contribution in [0.1, 0.15) is 12.5 Å². The number of carbonyl (C=O) groups is 1. The maximum Gasteiger partial charge on any atom is 0.260 e. The number of rotatable bonds is 5. The highest BCUT2D eigenvalue weighted by Gasteiger charge is 2.20. The first kappa shape index (κ1) is 14.8. The van der Waals surface area contributed by atoms with Crippen LogP contribution in [-0.4, -0.2) is 55.0 Å². The molecule has 1 fully saturated rings. The Morgan fingerprint density at radius 3 is 2.40 bits per heavy atom. The number of ether oxygens (including phenoxy) is 1. The molecule has 0 saturated carbocycles. The van der Waals surface area contributed by atoms with E-state index in [4.69, 9.17) is 10.5 Å². The lowest BCUT2D eigenvalue weighted by atomic mass is 10.2. The molecule has 0 spiro atoms. The number of carbonyl (C=O) groups excluding carboxylic acids is 1. The molecule has 2 rings (SSSR count). The van der Waals surface area contributed by atoms with E-state index in [0.717, 1.165) is 38.3 Å². The zero-order chi connectivity index (χ0) is 14.4. The largest absolute Gasteiger partial charge is 0.484 e. The molecule has 110 valence electrons. The Labute approximate surface area is 120 Å². The molecule has 0 aliphatic carbocycles. The Morgan fingerprint density at radius 1 is 1.20 bits per heavy atom. The molecule has 20 heavy (non-hydrogen) atoms. The Hall–Kier alpha value is -1.59. The van der Waals surface area contributed by atoms with Crippen LogP contribution in [0.15, 0.2) is 24.3 Å². The first-order chi connectivity index (χ1) is 9.72. The van der Waals surface area contributed by atoms with Crippen LogP contribution >= 0.6 is 0 Å². The van der Waals surface area contributed by atoms with E-state index < -0.39 is 0 Å². The van der Waals surface area contributed by atoms with Gasteiger partial charge in [0.05, 0.1) is 0 Å². The van der Waals surface area contributed by atoms with Crippen LogP contribution in [0, 0.1) is 0 Å². The summed E-state index contributed by atoms with van der Waals surface area (Å²) in [7, 11) is 0. The fourth-order valence-corrected chi connectivity index (χ4v) is 2.27. The zero-order valence-electron chi connectivity index (χ0n) is 12.0. The van der Waals surface area contributed by atoms with Crippen molar-refractivity contribution in [3.05, 3.63) is 29.8 Å². The predicted molar refractivity (Wildman–Crippen MR) is 78.5 cm³/mol. The number of nitrogens with zero attached hydrogens (tertiary/aromatic N) is 2. The Kier molecular flexibility index (Phi) is 5.38. The van der Waals surface area contributed by atoms with E-state index in [1.165, 1.54) is 0 Å². The standard InChI is InChI=1S/C15H23N3O2/c1-2-17-7-9-18(10-8-17)15(19)12-20-14-5-3-13(11-16)4-6-14/h3-6H,2,7-12,16H2,1H3. The smallest absolute Gasteiger partial charge is 0.260 e. The molecule has 1 heterocycles. The summed E-state index contributed by atoms with van der Waals surface area (Å²) in [6, 6.07) is 7.54. The summed E-state index contributed by atoms with van der Waals surface area (Å²) < 4.78 is 5.53. The summed E-state index contributed by atoms with van der Waals surface area (Å²) in [5.41, 5.74) is 6.59. The second-order valence-corrected chi connectivity index (χ2v) is 4.95. The lowest BCUT2D eigenvalue weighted by Gasteiger charge is -2.33.